The highest BCUT2D eigenvalue weighted by Gasteiger charge is 2.26. The zero-order valence-corrected chi connectivity index (χ0v) is 17.0. The van der Waals surface area contributed by atoms with Gasteiger partial charge in [0.1, 0.15) is 0 Å². The molecule has 0 atom stereocenters. The first-order valence-corrected chi connectivity index (χ1v) is 10.5. The van der Waals surface area contributed by atoms with Crippen LogP contribution in [0.4, 0.5) is 0 Å². The van der Waals surface area contributed by atoms with Gasteiger partial charge in [-0.25, -0.2) is 0 Å². The third kappa shape index (κ3) is 4.77. The Kier molecular flexibility index (Phi) is 6.23. The average molecular weight is 399 g/mol. The topological polar surface area (TPSA) is 49.4 Å². The van der Waals surface area contributed by atoms with Crippen molar-refractivity contribution in [1.82, 2.24) is 10.2 Å². The van der Waals surface area contributed by atoms with E-state index in [1.54, 1.807) is 6.08 Å². The van der Waals surface area contributed by atoms with E-state index in [0.717, 1.165) is 21.9 Å². The maximum atomic E-state index is 12.6. The minimum absolute atomic E-state index is 0.00563. The van der Waals surface area contributed by atoms with Crippen LogP contribution in [0.2, 0.25) is 0 Å². The molecule has 1 N–H and O–H groups in total. The third-order valence-corrected chi connectivity index (χ3v) is 5.72. The fraction of sp³-hybridized carbons (Fsp3) is 0.231. The first-order chi connectivity index (χ1) is 14.7. The van der Waals surface area contributed by atoms with Gasteiger partial charge in [-0.05, 0) is 40.8 Å². The summed E-state index contributed by atoms with van der Waals surface area (Å²) in [5.41, 5.74) is 2.13. The summed E-state index contributed by atoms with van der Waals surface area (Å²) in [6, 6.07) is 24.2. The van der Waals surface area contributed by atoms with E-state index in [9.17, 15) is 9.59 Å². The van der Waals surface area contributed by atoms with E-state index >= 15 is 0 Å². The van der Waals surface area contributed by atoms with Crippen LogP contribution in [0.5, 0.6) is 0 Å². The van der Waals surface area contributed by atoms with E-state index in [1.807, 2.05) is 65.6 Å². The van der Waals surface area contributed by atoms with Crippen molar-refractivity contribution in [3.05, 3.63) is 90.0 Å². The number of fused-ring (bicyclic) bond motifs is 1. The Labute approximate surface area is 177 Å². The Morgan fingerprint density at radius 1 is 0.900 bits per heavy atom. The molecule has 0 radical (unpaired) electrons. The van der Waals surface area contributed by atoms with Crippen molar-refractivity contribution in [3.63, 3.8) is 0 Å². The van der Waals surface area contributed by atoms with Gasteiger partial charge in [-0.3, -0.25) is 9.59 Å². The van der Waals surface area contributed by atoms with Crippen molar-refractivity contribution >= 4 is 28.7 Å². The number of nitrogens with zero attached hydrogens (tertiary/aromatic N) is 1. The number of nitrogens with one attached hydrogen (secondary N) is 1. The Morgan fingerprint density at radius 3 is 2.40 bits per heavy atom. The van der Waals surface area contributed by atoms with Crippen molar-refractivity contribution in [3.8, 4) is 0 Å². The maximum absolute atomic E-state index is 12.6. The van der Waals surface area contributed by atoms with Crippen LogP contribution < -0.4 is 5.32 Å². The van der Waals surface area contributed by atoms with Gasteiger partial charge in [0, 0.05) is 31.6 Å². The van der Waals surface area contributed by atoms with Crippen LogP contribution in [0.1, 0.15) is 24.0 Å². The molecule has 0 aromatic heterocycles. The number of carbonyl (C=O) groups is 2. The van der Waals surface area contributed by atoms with Crippen LogP contribution in [0.3, 0.4) is 0 Å². The monoisotopic (exact) mass is 398 g/mol. The van der Waals surface area contributed by atoms with Crippen LogP contribution in [0, 0.1) is 5.92 Å². The largest absolute Gasteiger partial charge is 0.352 e. The van der Waals surface area contributed by atoms with Gasteiger partial charge in [0.15, 0.2) is 0 Å². The molecule has 4 nitrogen and oxygen atoms in total. The van der Waals surface area contributed by atoms with E-state index in [1.165, 1.54) is 0 Å². The molecule has 152 valence electrons. The Morgan fingerprint density at radius 2 is 1.60 bits per heavy atom. The summed E-state index contributed by atoms with van der Waals surface area (Å²) in [6.07, 6.45) is 4.95. The predicted molar refractivity (Wildman–Crippen MR) is 121 cm³/mol. The van der Waals surface area contributed by atoms with Crippen LogP contribution in [-0.2, 0) is 16.1 Å². The van der Waals surface area contributed by atoms with Crippen molar-refractivity contribution < 1.29 is 9.59 Å². The van der Waals surface area contributed by atoms with Crippen LogP contribution in [-0.4, -0.2) is 29.8 Å². The molecule has 0 spiro atoms. The SMILES string of the molecule is O=C(NCc1ccccc1)C1CCN(C(=O)/C=C/c2cccc3ccccc23)CC1. The molecule has 1 aliphatic heterocycles. The summed E-state index contributed by atoms with van der Waals surface area (Å²) in [5.74, 6) is 0.0585. The molecule has 1 aliphatic rings. The molecule has 3 aromatic rings. The van der Waals surface area contributed by atoms with Crippen LogP contribution >= 0.6 is 0 Å². The van der Waals surface area contributed by atoms with Gasteiger partial charge in [0.2, 0.25) is 11.8 Å². The molecular weight excluding hydrogens is 372 g/mol. The Balaban J connectivity index is 1.30. The second-order valence-corrected chi connectivity index (χ2v) is 7.70. The number of amides is 2. The lowest BCUT2D eigenvalue weighted by atomic mass is 9.95. The molecule has 0 saturated carbocycles. The molecule has 30 heavy (non-hydrogen) atoms. The lowest BCUT2D eigenvalue weighted by Crippen LogP contribution is -2.42. The predicted octanol–water partition coefficient (Wildman–Crippen LogP) is 4.41. The molecule has 1 saturated heterocycles. The number of piperidine rings is 1. The molecule has 4 rings (SSSR count). The van der Waals surface area contributed by atoms with Crippen molar-refractivity contribution in [1.29, 1.82) is 0 Å². The van der Waals surface area contributed by atoms with Crippen molar-refractivity contribution in [2.24, 2.45) is 5.92 Å². The quantitative estimate of drug-likeness (QED) is 0.648. The summed E-state index contributed by atoms with van der Waals surface area (Å²) in [5, 5.41) is 5.32. The summed E-state index contributed by atoms with van der Waals surface area (Å²) in [7, 11) is 0. The smallest absolute Gasteiger partial charge is 0.246 e. The molecule has 2 amide bonds. The molecule has 0 aliphatic carbocycles. The van der Waals surface area contributed by atoms with Crippen molar-refractivity contribution in [2.45, 2.75) is 19.4 Å². The fourth-order valence-electron chi connectivity index (χ4n) is 3.95. The normalized spacial score (nSPS) is 14.9. The van der Waals surface area contributed by atoms with Crippen LogP contribution in [0.15, 0.2) is 78.9 Å². The number of hydrogen-bond donors (Lipinski definition) is 1. The van der Waals surface area contributed by atoms with E-state index < -0.39 is 0 Å². The zero-order valence-electron chi connectivity index (χ0n) is 17.0. The Hall–Kier alpha value is -3.40. The van der Waals surface area contributed by atoms with Crippen LogP contribution in [0.25, 0.3) is 16.8 Å². The minimum Gasteiger partial charge on any atom is -0.352 e. The van der Waals surface area contributed by atoms with Gasteiger partial charge < -0.3 is 10.2 Å². The molecule has 4 heteroatoms. The standard InChI is InChI=1S/C26H26N2O2/c29-25(14-13-22-11-6-10-21-9-4-5-12-24(21)22)28-17-15-23(16-18-28)26(30)27-19-20-7-2-1-3-8-20/h1-14,23H,15-19H2,(H,27,30)/b14-13+. The number of likely N-dealkylation sites (tertiary alicyclic amines) is 1. The summed E-state index contributed by atoms with van der Waals surface area (Å²) in [6.45, 7) is 1.77. The van der Waals surface area contributed by atoms with E-state index in [-0.39, 0.29) is 17.7 Å². The first kappa shape index (κ1) is 19.9. The van der Waals surface area contributed by atoms with E-state index in [0.29, 0.717) is 32.5 Å². The van der Waals surface area contributed by atoms with Gasteiger partial charge in [-0.15, -0.1) is 0 Å². The highest BCUT2D eigenvalue weighted by molar-refractivity contribution is 5.96. The van der Waals surface area contributed by atoms with Crippen molar-refractivity contribution in [2.75, 3.05) is 13.1 Å². The summed E-state index contributed by atoms with van der Waals surface area (Å²) >= 11 is 0. The first-order valence-electron chi connectivity index (χ1n) is 10.5. The summed E-state index contributed by atoms with van der Waals surface area (Å²) < 4.78 is 0. The number of benzene rings is 3. The lowest BCUT2D eigenvalue weighted by molar-refractivity contribution is -0.132. The lowest BCUT2D eigenvalue weighted by Gasteiger charge is -2.30. The number of carbonyl (C=O) groups excluding carboxylic acids is 2. The van der Waals surface area contributed by atoms with Gasteiger partial charge in [0.25, 0.3) is 0 Å². The van der Waals surface area contributed by atoms with E-state index in [2.05, 4.69) is 23.5 Å². The second-order valence-electron chi connectivity index (χ2n) is 7.70. The van der Waals surface area contributed by atoms with Gasteiger partial charge in [0.05, 0.1) is 0 Å². The summed E-state index contributed by atoms with van der Waals surface area (Å²) in [4.78, 5) is 26.9. The average Bonchev–Trinajstić information content (AvgIpc) is 2.81. The highest BCUT2D eigenvalue weighted by Crippen LogP contribution is 2.21. The molecule has 0 bridgehead atoms. The fourth-order valence-corrected chi connectivity index (χ4v) is 3.95. The third-order valence-electron chi connectivity index (χ3n) is 5.72. The Bertz CT molecular complexity index is 1050. The molecule has 3 aromatic carbocycles. The molecule has 1 heterocycles. The minimum atomic E-state index is -0.0280. The number of rotatable bonds is 5. The molecule has 1 fully saturated rings. The maximum Gasteiger partial charge on any atom is 0.246 e. The van der Waals surface area contributed by atoms with Gasteiger partial charge >= 0.3 is 0 Å². The van der Waals surface area contributed by atoms with Gasteiger partial charge in [-0.2, -0.15) is 0 Å². The second kappa shape index (κ2) is 9.40. The van der Waals surface area contributed by atoms with E-state index in [4.69, 9.17) is 0 Å². The van der Waals surface area contributed by atoms with Gasteiger partial charge in [-0.1, -0.05) is 72.8 Å². The number of hydrogen-bond acceptors (Lipinski definition) is 2. The highest BCUT2D eigenvalue weighted by atomic mass is 16.2. The molecule has 0 unspecified atom stereocenters. The zero-order chi connectivity index (χ0) is 20.8. The molecular formula is C26H26N2O2.